The van der Waals surface area contributed by atoms with Crippen molar-refractivity contribution in [2.24, 2.45) is 0 Å². The van der Waals surface area contributed by atoms with Crippen molar-refractivity contribution in [3.63, 3.8) is 0 Å². The van der Waals surface area contributed by atoms with Crippen LogP contribution in [0.1, 0.15) is 0 Å². The molecule has 0 spiro atoms. The van der Waals surface area contributed by atoms with Gasteiger partial charge in [-0.15, -0.1) is 0 Å². The summed E-state index contributed by atoms with van der Waals surface area (Å²) < 4.78 is 4.44. The molecule has 6 N–H and O–H groups in total. The number of aliphatic hydroxyl groups is 5. The summed E-state index contributed by atoms with van der Waals surface area (Å²) in [6.45, 7) is 0. The van der Waals surface area contributed by atoms with Crippen molar-refractivity contribution < 1.29 is 40.2 Å². The van der Waals surface area contributed by atoms with Crippen LogP contribution in [0.5, 0.6) is 0 Å². The van der Waals surface area contributed by atoms with E-state index >= 15 is 0 Å². The van der Waals surface area contributed by atoms with Gasteiger partial charge in [-0.1, -0.05) is 0 Å². The molecule has 15 heavy (non-hydrogen) atoms. The minimum Gasteiger partial charge on any atom is -0.506 e. The van der Waals surface area contributed by atoms with Gasteiger partial charge in [0.25, 0.3) is 0 Å². The Morgan fingerprint density at radius 3 is 1.87 bits per heavy atom. The fourth-order valence-corrected chi connectivity index (χ4v) is 1.13. The molecular weight excluding hydrogens is 212 g/mol. The molecule has 1 heterocycles. The third-order valence-corrected chi connectivity index (χ3v) is 1.95. The summed E-state index contributed by atoms with van der Waals surface area (Å²) in [5.41, 5.74) is 0. The molecule has 8 heteroatoms. The molecule has 0 amide bonds. The Morgan fingerprint density at radius 2 is 1.53 bits per heavy atom. The number of carboxylic acids is 1. The summed E-state index contributed by atoms with van der Waals surface area (Å²) in [7, 11) is 0. The molecule has 1 aliphatic rings. The summed E-state index contributed by atoms with van der Waals surface area (Å²) >= 11 is 0. The van der Waals surface area contributed by atoms with E-state index in [4.69, 9.17) is 25.5 Å². The molecule has 0 aromatic carbocycles. The molecule has 86 valence electrons. The van der Waals surface area contributed by atoms with E-state index in [0.29, 0.717) is 0 Å². The topological polar surface area (TPSA) is 148 Å². The minimum atomic E-state index is -1.82. The molecule has 0 aliphatic carbocycles. The SMILES string of the molecule is O=C(O)C(O)=C(O)[C@H]1OC(O)[C@H](O)[C@@H]1O. The standard InChI is InChI=1S/C7H10O8/c8-1(3(10)6(12)13)5-2(9)4(11)7(14)15-5/h2,4-5,7-11,14H,(H,12,13)/t2-,4+,5+,7?/m0/s1. The molecule has 1 fully saturated rings. The Hall–Kier alpha value is -1.35. The molecule has 0 saturated carbocycles. The maximum atomic E-state index is 10.2. The number of rotatable bonds is 2. The maximum Gasteiger partial charge on any atom is 0.374 e. The van der Waals surface area contributed by atoms with E-state index in [2.05, 4.69) is 4.74 Å². The van der Waals surface area contributed by atoms with E-state index < -0.39 is 42.1 Å². The molecule has 4 atom stereocenters. The van der Waals surface area contributed by atoms with Crippen LogP contribution >= 0.6 is 0 Å². The lowest BCUT2D eigenvalue weighted by molar-refractivity contribution is -0.138. The second kappa shape index (κ2) is 4.03. The Morgan fingerprint density at radius 1 is 1.00 bits per heavy atom. The molecule has 0 aromatic rings. The van der Waals surface area contributed by atoms with Crippen LogP contribution in [-0.4, -0.2) is 61.2 Å². The first-order valence-electron chi connectivity index (χ1n) is 3.91. The Bertz CT molecular complexity index is 297. The monoisotopic (exact) mass is 222 g/mol. The highest BCUT2D eigenvalue weighted by molar-refractivity contribution is 5.84. The summed E-state index contributed by atoms with van der Waals surface area (Å²) in [6.07, 6.45) is -6.83. The van der Waals surface area contributed by atoms with Gasteiger partial charge in [0.2, 0.25) is 5.76 Å². The Labute approximate surface area is 83.3 Å². The van der Waals surface area contributed by atoms with Gasteiger partial charge in [0.15, 0.2) is 18.2 Å². The quantitative estimate of drug-likeness (QED) is 0.228. The lowest BCUT2D eigenvalue weighted by Crippen LogP contribution is -2.33. The number of aliphatic hydroxyl groups excluding tert-OH is 5. The summed E-state index contributed by atoms with van der Waals surface area (Å²) in [5.74, 6) is -4.40. The van der Waals surface area contributed by atoms with Crippen LogP contribution < -0.4 is 0 Å². The highest BCUT2D eigenvalue weighted by Gasteiger charge is 2.45. The number of carbonyl (C=O) groups is 1. The minimum absolute atomic E-state index is 1.16. The van der Waals surface area contributed by atoms with Crippen molar-refractivity contribution in [1.29, 1.82) is 0 Å². The van der Waals surface area contributed by atoms with Gasteiger partial charge in [0.05, 0.1) is 0 Å². The van der Waals surface area contributed by atoms with Crippen molar-refractivity contribution in [2.45, 2.75) is 24.6 Å². The van der Waals surface area contributed by atoms with Crippen LogP contribution in [0.2, 0.25) is 0 Å². The third-order valence-electron chi connectivity index (χ3n) is 1.95. The number of hydrogen-bond donors (Lipinski definition) is 6. The molecule has 1 saturated heterocycles. The first kappa shape index (κ1) is 11.7. The van der Waals surface area contributed by atoms with Crippen LogP contribution in [0.25, 0.3) is 0 Å². The van der Waals surface area contributed by atoms with Crippen LogP contribution in [0.3, 0.4) is 0 Å². The molecule has 1 unspecified atom stereocenters. The van der Waals surface area contributed by atoms with Crippen molar-refractivity contribution >= 4 is 5.97 Å². The molecule has 0 aromatic heterocycles. The zero-order valence-electron chi connectivity index (χ0n) is 7.31. The van der Waals surface area contributed by atoms with Gasteiger partial charge < -0.3 is 35.4 Å². The maximum absolute atomic E-state index is 10.2. The largest absolute Gasteiger partial charge is 0.506 e. The second-order valence-corrected chi connectivity index (χ2v) is 2.97. The van der Waals surface area contributed by atoms with E-state index in [1.807, 2.05) is 0 Å². The van der Waals surface area contributed by atoms with Crippen LogP contribution in [0.4, 0.5) is 0 Å². The first-order chi connectivity index (χ1) is 6.86. The first-order valence-corrected chi connectivity index (χ1v) is 3.91. The average Bonchev–Trinajstić information content (AvgIpc) is 2.43. The van der Waals surface area contributed by atoms with Crippen molar-refractivity contribution in [2.75, 3.05) is 0 Å². The highest BCUT2D eigenvalue weighted by Crippen LogP contribution is 2.25. The van der Waals surface area contributed by atoms with Crippen molar-refractivity contribution in [3.05, 3.63) is 11.5 Å². The molecule has 8 nitrogen and oxygen atoms in total. The summed E-state index contributed by atoms with van der Waals surface area (Å²) in [5, 5.41) is 53.4. The van der Waals surface area contributed by atoms with Gasteiger partial charge in [-0.3, -0.25) is 0 Å². The Kier molecular flexibility index (Phi) is 3.15. The van der Waals surface area contributed by atoms with Gasteiger partial charge in [-0.25, -0.2) is 4.79 Å². The zero-order valence-corrected chi connectivity index (χ0v) is 7.31. The average molecular weight is 222 g/mol. The van der Waals surface area contributed by atoms with Crippen molar-refractivity contribution in [3.8, 4) is 0 Å². The lowest BCUT2D eigenvalue weighted by atomic mass is 10.1. The zero-order chi connectivity index (χ0) is 11.7. The lowest BCUT2D eigenvalue weighted by Gasteiger charge is -2.13. The van der Waals surface area contributed by atoms with Crippen LogP contribution in [0, 0.1) is 0 Å². The second-order valence-electron chi connectivity index (χ2n) is 2.97. The van der Waals surface area contributed by atoms with Crippen LogP contribution in [0.15, 0.2) is 11.5 Å². The predicted octanol–water partition coefficient (Wildman–Crippen LogP) is -2.16. The van der Waals surface area contributed by atoms with E-state index in [1.54, 1.807) is 0 Å². The smallest absolute Gasteiger partial charge is 0.374 e. The normalized spacial score (nSPS) is 37.5. The van der Waals surface area contributed by atoms with E-state index in [0.717, 1.165) is 0 Å². The third kappa shape index (κ3) is 2.02. The van der Waals surface area contributed by atoms with Gasteiger partial charge in [-0.2, -0.15) is 0 Å². The van der Waals surface area contributed by atoms with E-state index in [9.17, 15) is 9.90 Å². The molecule has 0 bridgehead atoms. The molecule has 1 aliphatic heterocycles. The van der Waals surface area contributed by atoms with Crippen LogP contribution in [-0.2, 0) is 9.53 Å². The van der Waals surface area contributed by atoms with Crippen molar-refractivity contribution in [1.82, 2.24) is 0 Å². The summed E-state index contributed by atoms with van der Waals surface area (Å²) in [6, 6.07) is 0. The fraction of sp³-hybridized carbons (Fsp3) is 0.571. The molecule has 0 radical (unpaired) electrons. The number of ether oxygens (including phenoxy) is 1. The van der Waals surface area contributed by atoms with Gasteiger partial charge in [-0.05, 0) is 0 Å². The number of hydrogen-bond acceptors (Lipinski definition) is 7. The highest BCUT2D eigenvalue weighted by atomic mass is 16.6. The fourth-order valence-electron chi connectivity index (χ4n) is 1.13. The molecule has 1 rings (SSSR count). The Balaban J connectivity index is 2.91. The van der Waals surface area contributed by atoms with Gasteiger partial charge >= 0.3 is 5.97 Å². The summed E-state index contributed by atoms with van der Waals surface area (Å²) in [4.78, 5) is 10.2. The van der Waals surface area contributed by atoms with E-state index in [-0.39, 0.29) is 0 Å². The number of aliphatic carboxylic acids is 1. The predicted molar refractivity (Wildman–Crippen MR) is 42.8 cm³/mol. The van der Waals surface area contributed by atoms with E-state index in [1.165, 1.54) is 0 Å². The molecular formula is C7H10O8. The van der Waals surface area contributed by atoms with Gasteiger partial charge in [0, 0.05) is 0 Å². The van der Waals surface area contributed by atoms with Gasteiger partial charge in [0.1, 0.15) is 12.2 Å². The number of carboxylic acid groups (broad SMARTS) is 1.